The zero-order chi connectivity index (χ0) is 21.7. The lowest BCUT2D eigenvalue weighted by molar-refractivity contribution is -0.385. The number of hydrogen-bond donors (Lipinski definition) is 2. The van der Waals surface area contributed by atoms with Crippen molar-refractivity contribution in [1.82, 2.24) is 10.3 Å². The van der Waals surface area contributed by atoms with Crippen molar-refractivity contribution in [3.8, 4) is 0 Å². The fourth-order valence-electron chi connectivity index (χ4n) is 2.62. The van der Waals surface area contributed by atoms with Gasteiger partial charge in [0.1, 0.15) is 0 Å². The minimum atomic E-state index is -0.566. The highest BCUT2D eigenvalue weighted by molar-refractivity contribution is 9.10. The van der Waals surface area contributed by atoms with Crippen LogP contribution in [0.15, 0.2) is 53.1 Å². The van der Waals surface area contributed by atoms with Crippen LogP contribution < -0.4 is 10.6 Å². The summed E-state index contributed by atoms with van der Waals surface area (Å²) < 4.78 is 1.01. The summed E-state index contributed by atoms with van der Waals surface area (Å²) in [5, 5.41) is 16.5. The zero-order valence-corrected chi connectivity index (χ0v) is 18.2. The number of nitrogens with one attached hydrogen (secondary N) is 2. The third kappa shape index (κ3) is 5.71. The van der Waals surface area contributed by atoms with E-state index >= 15 is 0 Å². The highest BCUT2D eigenvalue weighted by Crippen LogP contribution is 2.22. The predicted octanol–water partition coefficient (Wildman–Crippen LogP) is 4.08. The fraction of sp³-hybridized carbons (Fsp3) is 0.150. The smallest absolute Gasteiger partial charge is 0.273 e. The minimum absolute atomic E-state index is 0.117. The van der Waals surface area contributed by atoms with Gasteiger partial charge in [-0.1, -0.05) is 34.1 Å². The molecule has 0 bridgehead atoms. The number of carbonyl (C=O) groups is 2. The summed E-state index contributed by atoms with van der Waals surface area (Å²) in [7, 11) is 0. The van der Waals surface area contributed by atoms with Crippen LogP contribution in [0, 0.1) is 17.0 Å². The number of nitro groups is 1. The number of rotatable bonds is 7. The number of aromatic nitrogens is 1. The summed E-state index contributed by atoms with van der Waals surface area (Å²) >= 11 is 4.75. The summed E-state index contributed by atoms with van der Waals surface area (Å²) in [5.41, 5.74) is 1.55. The van der Waals surface area contributed by atoms with Crippen LogP contribution in [0.3, 0.4) is 0 Å². The van der Waals surface area contributed by atoms with Crippen LogP contribution in [0.5, 0.6) is 0 Å². The van der Waals surface area contributed by atoms with E-state index in [4.69, 9.17) is 0 Å². The average molecular weight is 489 g/mol. The van der Waals surface area contributed by atoms with Gasteiger partial charge in [-0.3, -0.25) is 19.7 Å². The van der Waals surface area contributed by atoms with E-state index in [2.05, 4.69) is 31.5 Å². The van der Waals surface area contributed by atoms with E-state index in [1.54, 1.807) is 13.1 Å². The molecular formula is C20H17BrN4O4S. The third-order valence-corrected chi connectivity index (χ3v) is 5.61. The number of nitrogens with zero attached hydrogens (tertiary/aromatic N) is 2. The molecule has 0 spiro atoms. The molecule has 0 aliphatic carbocycles. The van der Waals surface area contributed by atoms with Crippen molar-refractivity contribution in [1.29, 1.82) is 0 Å². The first kappa shape index (κ1) is 21.6. The molecule has 2 amide bonds. The Morgan fingerprint density at radius 1 is 1.20 bits per heavy atom. The number of nitro benzene ring substituents is 1. The van der Waals surface area contributed by atoms with Gasteiger partial charge < -0.3 is 10.6 Å². The first-order valence-corrected chi connectivity index (χ1v) is 10.4. The van der Waals surface area contributed by atoms with E-state index in [1.807, 2.05) is 24.3 Å². The molecule has 2 aromatic carbocycles. The molecule has 10 heteroatoms. The standard InChI is InChI=1S/C20H17BrN4O4S/c1-12-2-5-14(9-17(12)25(28)29)19(27)22-11-18(26)24-20-23-10-16(30-20)8-13-3-6-15(21)7-4-13/h2-7,9-10H,8,11H2,1H3,(H,22,27)(H,23,24,26). The molecule has 0 saturated heterocycles. The summed E-state index contributed by atoms with van der Waals surface area (Å²) in [5.74, 6) is -1.00. The molecular weight excluding hydrogens is 472 g/mol. The SMILES string of the molecule is Cc1ccc(C(=O)NCC(=O)Nc2ncc(Cc3ccc(Br)cc3)s2)cc1[N+](=O)[O-]. The van der Waals surface area contributed by atoms with E-state index in [0.29, 0.717) is 17.1 Å². The van der Waals surface area contributed by atoms with Gasteiger partial charge >= 0.3 is 0 Å². The Morgan fingerprint density at radius 2 is 1.93 bits per heavy atom. The second-order valence-corrected chi connectivity index (χ2v) is 8.46. The van der Waals surface area contributed by atoms with Gasteiger partial charge in [0, 0.05) is 39.2 Å². The number of halogens is 1. The Hall–Kier alpha value is -3.11. The zero-order valence-electron chi connectivity index (χ0n) is 15.8. The van der Waals surface area contributed by atoms with Gasteiger partial charge in [0.25, 0.3) is 11.6 Å². The van der Waals surface area contributed by atoms with E-state index in [1.165, 1.54) is 29.5 Å². The van der Waals surface area contributed by atoms with E-state index in [0.717, 1.165) is 14.9 Å². The van der Waals surface area contributed by atoms with Crippen molar-refractivity contribution in [3.63, 3.8) is 0 Å². The van der Waals surface area contributed by atoms with Crippen LogP contribution >= 0.6 is 27.3 Å². The lowest BCUT2D eigenvalue weighted by Gasteiger charge is -2.06. The second-order valence-electron chi connectivity index (χ2n) is 6.42. The predicted molar refractivity (Wildman–Crippen MR) is 118 cm³/mol. The van der Waals surface area contributed by atoms with Gasteiger partial charge in [-0.05, 0) is 30.7 Å². The van der Waals surface area contributed by atoms with E-state index in [-0.39, 0.29) is 17.8 Å². The van der Waals surface area contributed by atoms with Crippen LogP contribution in [0.25, 0.3) is 0 Å². The maximum atomic E-state index is 12.2. The van der Waals surface area contributed by atoms with Crippen LogP contribution in [-0.2, 0) is 11.2 Å². The maximum Gasteiger partial charge on any atom is 0.273 e. The normalized spacial score (nSPS) is 10.5. The molecule has 1 heterocycles. The van der Waals surface area contributed by atoms with Gasteiger partial charge in [0.15, 0.2) is 5.13 Å². The molecule has 0 fully saturated rings. The Labute approximate surface area is 184 Å². The van der Waals surface area contributed by atoms with Gasteiger partial charge in [-0.25, -0.2) is 4.98 Å². The monoisotopic (exact) mass is 488 g/mol. The van der Waals surface area contributed by atoms with Crippen molar-refractivity contribution in [2.45, 2.75) is 13.3 Å². The lowest BCUT2D eigenvalue weighted by Crippen LogP contribution is -2.32. The van der Waals surface area contributed by atoms with Gasteiger partial charge in [0.2, 0.25) is 5.91 Å². The first-order valence-electron chi connectivity index (χ1n) is 8.84. The molecule has 0 unspecified atom stereocenters. The summed E-state index contributed by atoms with van der Waals surface area (Å²) in [6.45, 7) is 1.31. The molecule has 2 N–H and O–H groups in total. The van der Waals surface area contributed by atoms with Crippen molar-refractivity contribution in [2.24, 2.45) is 0 Å². The Balaban J connectivity index is 1.53. The number of thiazole rings is 1. The number of hydrogen-bond acceptors (Lipinski definition) is 6. The van der Waals surface area contributed by atoms with Crippen molar-refractivity contribution in [3.05, 3.63) is 84.8 Å². The highest BCUT2D eigenvalue weighted by Gasteiger charge is 2.16. The molecule has 0 atom stereocenters. The molecule has 1 aromatic heterocycles. The molecule has 0 saturated carbocycles. The number of benzene rings is 2. The molecule has 30 heavy (non-hydrogen) atoms. The molecule has 8 nitrogen and oxygen atoms in total. The largest absolute Gasteiger partial charge is 0.343 e. The van der Waals surface area contributed by atoms with Crippen molar-refractivity contribution < 1.29 is 14.5 Å². The topological polar surface area (TPSA) is 114 Å². The number of anilines is 1. The van der Waals surface area contributed by atoms with Crippen LogP contribution in [0.1, 0.15) is 26.4 Å². The van der Waals surface area contributed by atoms with Crippen molar-refractivity contribution >= 4 is 49.9 Å². The minimum Gasteiger partial charge on any atom is -0.343 e. The van der Waals surface area contributed by atoms with Crippen LogP contribution in [0.2, 0.25) is 0 Å². The molecule has 3 rings (SSSR count). The molecule has 0 aliphatic heterocycles. The van der Waals surface area contributed by atoms with Crippen LogP contribution in [0.4, 0.5) is 10.8 Å². The quantitative estimate of drug-likeness (QED) is 0.384. The summed E-state index contributed by atoms with van der Waals surface area (Å²) in [6.07, 6.45) is 2.40. The van der Waals surface area contributed by atoms with Gasteiger partial charge in [0.05, 0.1) is 11.5 Å². The average Bonchev–Trinajstić information content (AvgIpc) is 3.14. The van der Waals surface area contributed by atoms with Gasteiger partial charge in [-0.2, -0.15) is 0 Å². The summed E-state index contributed by atoms with van der Waals surface area (Å²) in [6, 6.07) is 12.1. The third-order valence-electron chi connectivity index (χ3n) is 4.17. The molecule has 0 radical (unpaired) electrons. The maximum absolute atomic E-state index is 12.2. The first-order chi connectivity index (χ1) is 14.3. The van der Waals surface area contributed by atoms with Gasteiger partial charge in [-0.15, -0.1) is 11.3 Å². The number of amides is 2. The summed E-state index contributed by atoms with van der Waals surface area (Å²) in [4.78, 5) is 39.9. The Bertz CT molecular complexity index is 1100. The second kappa shape index (κ2) is 9.59. The number of aryl methyl sites for hydroxylation is 1. The lowest BCUT2D eigenvalue weighted by atomic mass is 10.1. The Morgan fingerprint density at radius 3 is 2.63 bits per heavy atom. The fourth-order valence-corrected chi connectivity index (χ4v) is 3.75. The Kier molecular flexibility index (Phi) is 6.91. The van der Waals surface area contributed by atoms with E-state index < -0.39 is 16.7 Å². The molecule has 154 valence electrons. The highest BCUT2D eigenvalue weighted by atomic mass is 79.9. The van der Waals surface area contributed by atoms with Crippen LogP contribution in [-0.4, -0.2) is 28.3 Å². The van der Waals surface area contributed by atoms with Crippen molar-refractivity contribution in [2.75, 3.05) is 11.9 Å². The number of carbonyl (C=O) groups excluding carboxylic acids is 2. The molecule has 3 aromatic rings. The van der Waals surface area contributed by atoms with E-state index in [9.17, 15) is 19.7 Å². The molecule has 0 aliphatic rings.